The van der Waals surface area contributed by atoms with Crippen LogP contribution in [0.1, 0.15) is 19.3 Å². The molecule has 2 N–H and O–H groups in total. The van der Waals surface area contributed by atoms with E-state index in [2.05, 4.69) is 21.9 Å². The normalized spacial score (nSPS) is 11.6. The van der Waals surface area contributed by atoms with E-state index in [1.807, 2.05) is 11.8 Å². The molecule has 0 aliphatic heterocycles. The fourth-order valence-electron chi connectivity index (χ4n) is 1.22. The molecular formula is C11H25N3OS. The number of hydrogen-bond donors (Lipinski definition) is 2. The molecule has 0 fully saturated rings. The van der Waals surface area contributed by atoms with Gasteiger partial charge in [-0.1, -0.05) is 0 Å². The summed E-state index contributed by atoms with van der Waals surface area (Å²) in [6.07, 6.45) is 5.60. The van der Waals surface area contributed by atoms with Gasteiger partial charge in [-0.05, 0) is 31.3 Å². The van der Waals surface area contributed by atoms with Crippen LogP contribution in [0.15, 0.2) is 4.99 Å². The van der Waals surface area contributed by atoms with Gasteiger partial charge in [0.1, 0.15) is 0 Å². The van der Waals surface area contributed by atoms with Crippen LogP contribution in [0.3, 0.4) is 0 Å². The summed E-state index contributed by atoms with van der Waals surface area (Å²) in [6, 6.07) is 0. The summed E-state index contributed by atoms with van der Waals surface area (Å²) in [5, 5.41) is 6.54. The molecule has 0 rings (SSSR count). The third kappa shape index (κ3) is 10.1. The third-order valence-corrected chi connectivity index (χ3v) is 2.81. The molecule has 0 heterocycles. The van der Waals surface area contributed by atoms with Crippen molar-refractivity contribution in [2.45, 2.75) is 19.3 Å². The maximum absolute atomic E-state index is 4.98. The standard InChI is InChI=1S/C11H25N3OS/c1-12-11(14-8-6-9-15-2)13-7-4-5-10-16-3/h4-10H2,1-3H3,(H2,12,13,14). The molecular weight excluding hydrogens is 222 g/mol. The minimum absolute atomic E-state index is 0.789. The maximum Gasteiger partial charge on any atom is 0.190 e. The van der Waals surface area contributed by atoms with Crippen LogP contribution in [0.2, 0.25) is 0 Å². The molecule has 4 nitrogen and oxygen atoms in total. The van der Waals surface area contributed by atoms with E-state index in [1.165, 1.54) is 18.6 Å². The van der Waals surface area contributed by atoms with Gasteiger partial charge in [-0.2, -0.15) is 11.8 Å². The topological polar surface area (TPSA) is 45.7 Å². The van der Waals surface area contributed by atoms with E-state index in [0.29, 0.717) is 0 Å². The Morgan fingerprint density at radius 2 is 1.88 bits per heavy atom. The zero-order valence-corrected chi connectivity index (χ0v) is 11.5. The van der Waals surface area contributed by atoms with Crippen LogP contribution in [0, 0.1) is 0 Å². The Bertz CT molecular complexity index is 177. The Labute approximate surface area is 104 Å². The zero-order valence-electron chi connectivity index (χ0n) is 10.7. The first-order chi connectivity index (χ1) is 7.85. The molecule has 0 unspecified atom stereocenters. The van der Waals surface area contributed by atoms with Crippen LogP contribution < -0.4 is 10.6 Å². The minimum Gasteiger partial charge on any atom is -0.385 e. The quantitative estimate of drug-likeness (QED) is 0.366. The van der Waals surface area contributed by atoms with Crippen molar-refractivity contribution in [1.82, 2.24) is 10.6 Å². The van der Waals surface area contributed by atoms with Gasteiger partial charge in [0.15, 0.2) is 5.96 Å². The van der Waals surface area contributed by atoms with Gasteiger partial charge in [0.05, 0.1) is 0 Å². The minimum atomic E-state index is 0.789. The van der Waals surface area contributed by atoms with Crippen molar-refractivity contribution in [3.63, 3.8) is 0 Å². The van der Waals surface area contributed by atoms with Gasteiger partial charge in [0.25, 0.3) is 0 Å². The summed E-state index contributed by atoms with van der Waals surface area (Å²) in [6.45, 7) is 2.68. The molecule has 16 heavy (non-hydrogen) atoms. The molecule has 96 valence electrons. The predicted molar refractivity (Wildman–Crippen MR) is 73.5 cm³/mol. The Hall–Kier alpha value is -0.420. The number of guanidine groups is 1. The van der Waals surface area contributed by atoms with Gasteiger partial charge in [0.2, 0.25) is 0 Å². The van der Waals surface area contributed by atoms with Crippen LogP contribution in [0.5, 0.6) is 0 Å². The second-order valence-corrected chi connectivity index (χ2v) is 4.46. The molecule has 0 bridgehead atoms. The molecule has 0 atom stereocenters. The van der Waals surface area contributed by atoms with E-state index >= 15 is 0 Å². The van der Waals surface area contributed by atoms with Crippen molar-refractivity contribution < 1.29 is 4.74 Å². The lowest BCUT2D eigenvalue weighted by Crippen LogP contribution is -2.38. The van der Waals surface area contributed by atoms with Crippen molar-refractivity contribution >= 4 is 17.7 Å². The Balaban J connectivity index is 3.38. The van der Waals surface area contributed by atoms with Crippen molar-refractivity contribution in [3.8, 4) is 0 Å². The number of hydrogen-bond acceptors (Lipinski definition) is 3. The number of nitrogens with one attached hydrogen (secondary N) is 2. The van der Waals surface area contributed by atoms with Crippen LogP contribution in [0.25, 0.3) is 0 Å². The molecule has 0 amide bonds. The Morgan fingerprint density at radius 3 is 2.44 bits per heavy atom. The van der Waals surface area contributed by atoms with Crippen LogP contribution in [-0.4, -0.2) is 51.8 Å². The van der Waals surface area contributed by atoms with Gasteiger partial charge in [0, 0.05) is 33.9 Å². The monoisotopic (exact) mass is 247 g/mol. The summed E-state index contributed by atoms with van der Waals surface area (Å²) in [5.74, 6) is 2.13. The molecule has 0 aromatic carbocycles. The van der Waals surface area contributed by atoms with Crippen LogP contribution in [-0.2, 0) is 4.74 Å². The first-order valence-corrected chi connectivity index (χ1v) is 7.17. The molecule has 0 aromatic heterocycles. The van der Waals surface area contributed by atoms with Crippen molar-refractivity contribution in [3.05, 3.63) is 0 Å². The highest BCUT2D eigenvalue weighted by Gasteiger charge is 1.95. The highest BCUT2D eigenvalue weighted by molar-refractivity contribution is 7.98. The summed E-state index contributed by atoms with van der Waals surface area (Å²) in [7, 11) is 3.52. The van der Waals surface area contributed by atoms with Crippen LogP contribution >= 0.6 is 11.8 Å². The van der Waals surface area contributed by atoms with Gasteiger partial charge in [-0.15, -0.1) is 0 Å². The highest BCUT2D eigenvalue weighted by atomic mass is 32.2. The summed E-state index contributed by atoms with van der Waals surface area (Å²) >= 11 is 1.90. The second kappa shape index (κ2) is 12.6. The fraction of sp³-hybridized carbons (Fsp3) is 0.909. The number of ether oxygens (including phenoxy) is 1. The van der Waals surface area contributed by atoms with E-state index in [4.69, 9.17) is 4.74 Å². The van der Waals surface area contributed by atoms with Crippen LogP contribution in [0.4, 0.5) is 0 Å². The zero-order chi connectivity index (χ0) is 12.1. The van der Waals surface area contributed by atoms with E-state index in [1.54, 1.807) is 14.2 Å². The van der Waals surface area contributed by atoms with Crippen molar-refractivity contribution in [2.24, 2.45) is 4.99 Å². The highest BCUT2D eigenvalue weighted by Crippen LogP contribution is 1.97. The lowest BCUT2D eigenvalue weighted by atomic mass is 10.3. The average Bonchev–Trinajstić information content (AvgIpc) is 2.31. The van der Waals surface area contributed by atoms with Gasteiger partial charge in [-0.3, -0.25) is 4.99 Å². The van der Waals surface area contributed by atoms with Crippen molar-refractivity contribution in [2.75, 3.05) is 45.9 Å². The number of rotatable bonds is 9. The maximum atomic E-state index is 4.98. The number of thioether (sulfide) groups is 1. The van der Waals surface area contributed by atoms with Gasteiger partial charge < -0.3 is 15.4 Å². The van der Waals surface area contributed by atoms with E-state index in [9.17, 15) is 0 Å². The predicted octanol–water partition coefficient (Wildman–Crippen LogP) is 1.33. The number of unbranched alkanes of at least 4 members (excludes halogenated alkanes) is 1. The number of aliphatic imine (C=N–C) groups is 1. The summed E-state index contributed by atoms with van der Waals surface area (Å²) in [4.78, 5) is 4.15. The second-order valence-electron chi connectivity index (χ2n) is 3.47. The average molecular weight is 247 g/mol. The van der Waals surface area contributed by atoms with Crippen molar-refractivity contribution in [1.29, 1.82) is 0 Å². The van der Waals surface area contributed by atoms with E-state index in [-0.39, 0.29) is 0 Å². The Kier molecular flexibility index (Phi) is 12.3. The van der Waals surface area contributed by atoms with Gasteiger partial charge >= 0.3 is 0 Å². The number of nitrogens with zero attached hydrogens (tertiary/aromatic N) is 1. The molecule has 0 radical (unpaired) electrons. The molecule has 0 aliphatic carbocycles. The lowest BCUT2D eigenvalue weighted by molar-refractivity contribution is 0.195. The molecule has 0 saturated carbocycles. The first-order valence-electron chi connectivity index (χ1n) is 5.77. The lowest BCUT2D eigenvalue weighted by Gasteiger charge is -2.11. The molecule has 0 aromatic rings. The SMILES string of the molecule is CN=C(NCCCCSC)NCCCOC. The Morgan fingerprint density at radius 1 is 1.19 bits per heavy atom. The summed E-state index contributed by atoms with van der Waals surface area (Å²) in [5.41, 5.74) is 0. The van der Waals surface area contributed by atoms with Gasteiger partial charge in [-0.25, -0.2) is 0 Å². The fourth-order valence-corrected chi connectivity index (χ4v) is 1.71. The van der Waals surface area contributed by atoms with E-state index in [0.717, 1.165) is 32.1 Å². The summed E-state index contributed by atoms with van der Waals surface area (Å²) < 4.78 is 4.98. The largest absolute Gasteiger partial charge is 0.385 e. The smallest absolute Gasteiger partial charge is 0.190 e. The van der Waals surface area contributed by atoms with E-state index < -0.39 is 0 Å². The molecule has 0 spiro atoms. The molecule has 5 heteroatoms. The number of methoxy groups -OCH3 is 1. The third-order valence-electron chi connectivity index (χ3n) is 2.11. The molecule has 0 aliphatic rings. The molecule has 0 saturated heterocycles. The first kappa shape index (κ1) is 15.6.